The molecule has 0 saturated carbocycles. The van der Waals surface area contributed by atoms with Gasteiger partial charge in [0.2, 0.25) is 6.71 Å². The molecule has 0 amide bonds. The minimum absolute atomic E-state index is 0.142. The lowest BCUT2D eigenvalue weighted by Crippen LogP contribution is -2.87. The maximum atomic E-state index is 2.61. The molecule has 0 bridgehead atoms. The predicted octanol–water partition coefficient (Wildman–Crippen LogP) is 5.48. The molecule has 10 rings (SSSR count). The molecule has 0 atom stereocenters. The molecule has 0 N–H and O–H groups in total. The third-order valence-electron chi connectivity index (χ3n) is 10.5. The van der Waals surface area contributed by atoms with Crippen LogP contribution in [0, 0.1) is 0 Å². The Hall–Kier alpha value is -5.64. The molecule has 1 aromatic heterocycles. The van der Waals surface area contributed by atoms with E-state index in [4.69, 9.17) is 0 Å². The quantitative estimate of drug-likeness (QED) is 0.232. The van der Waals surface area contributed by atoms with Crippen molar-refractivity contribution in [3.63, 3.8) is 0 Å². The molecule has 0 fully saturated rings. The van der Waals surface area contributed by atoms with Gasteiger partial charge in [-0.25, -0.2) is 0 Å². The fourth-order valence-corrected chi connectivity index (χ4v) is 14.1. The van der Waals surface area contributed by atoms with E-state index >= 15 is 0 Å². The molecular formula is C44H30BNSi. The molecule has 2 aliphatic heterocycles. The number of benzene rings is 7. The van der Waals surface area contributed by atoms with Crippen LogP contribution in [-0.2, 0) is 0 Å². The van der Waals surface area contributed by atoms with Crippen molar-refractivity contribution in [3.05, 3.63) is 182 Å². The zero-order valence-electron chi connectivity index (χ0n) is 25.8. The van der Waals surface area contributed by atoms with Crippen molar-refractivity contribution < 1.29 is 0 Å². The Kier molecular flexibility index (Phi) is 5.76. The maximum absolute atomic E-state index is 2.70. The fourth-order valence-electron chi connectivity index (χ4n) is 8.86. The molecule has 1 nitrogen and oxygen atoms in total. The van der Waals surface area contributed by atoms with E-state index in [1.807, 2.05) is 0 Å². The zero-order chi connectivity index (χ0) is 31.0. The molecule has 0 unspecified atom stereocenters. The standard InChI is InChI=1S/C44H30BNSi/c1-5-17-31(18-6-1)41-35-25-15-27-37-44(35)46(43(41)32-19-7-2-8-20-32)38-28-16-30-40-42(38)45(37)36-26-13-14-29-39(36)47(40,33-21-9-3-10-22-33)34-23-11-4-12-24-34/h1-30H. The number of fused-ring (bicyclic) bond motifs is 4. The van der Waals surface area contributed by atoms with Crippen molar-refractivity contribution >= 4 is 62.8 Å². The van der Waals surface area contributed by atoms with Gasteiger partial charge in [-0.15, -0.1) is 0 Å². The molecule has 0 aliphatic carbocycles. The second-order valence-corrected chi connectivity index (χ2v) is 16.5. The van der Waals surface area contributed by atoms with Gasteiger partial charge in [0.1, 0.15) is 0 Å². The number of hydrogen-bond acceptors (Lipinski definition) is 0. The van der Waals surface area contributed by atoms with Gasteiger partial charge in [-0.2, -0.15) is 0 Å². The highest BCUT2D eigenvalue weighted by Crippen LogP contribution is 2.43. The molecule has 8 aromatic rings. The highest BCUT2D eigenvalue weighted by atomic mass is 28.3. The van der Waals surface area contributed by atoms with Crippen LogP contribution in [0.25, 0.3) is 39.0 Å². The molecule has 0 saturated heterocycles. The van der Waals surface area contributed by atoms with Gasteiger partial charge in [0.15, 0.2) is 8.07 Å². The van der Waals surface area contributed by atoms with Crippen LogP contribution < -0.4 is 37.1 Å². The van der Waals surface area contributed by atoms with Gasteiger partial charge in [-0.1, -0.05) is 181 Å². The van der Waals surface area contributed by atoms with Crippen LogP contribution in [0.5, 0.6) is 0 Å². The lowest BCUT2D eigenvalue weighted by molar-refractivity contribution is 1.14. The highest BCUT2D eigenvalue weighted by molar-refractivity contribution is 7.26. The first-order valence-corrected chi connectivity index (χ1v) is 18.5. The topological polar surface area (TPSA) is 4.93 Å². The fraction of sp³-hybridized carbons (Fsp3) is 0. The monoisotopic (exact) mass is 611 g/mol. The number of rotatable bonds is 4. The van der Waals surface area contributed by atoms with Gasteiger partial charge in [0, 0.05) is 22.2 Å². The van der Waals surface area contributed by atoms with Crippen molar-refractivity contribution in [2.45, 2.75) is 0 Å². The van der Waals surface area contributed by atoms with E-state index < -0.39 is 8.07 Å². The highest BCUT2D eigenvalue weighted by Gasteiger charge is 2.52. The van der Waals surface area contributed by atoms with Crippen molar-refractivity contribution in [3.8, 4) is 28.1 Å². The number of hydrogen-bond donors (Lipinski definition) is 0. The third-order valence-corrected chi connectivity index (χ3v) is 15.5. The van der Waals surface area contributed by atoms with Gasteiger partial charge in [-0.05, 0) is 48.9 Å². The molecule has 218 valence electrons. The first-order chi connectivity index (χ1) is 23.4. The van der Waals surface area contributed by atoms with E-state index in [-0.39, 0.29) is 6.71 Å². The minimum atomic E-state index is -2.70. The summed E-state index contributed by atoms with van der Waals surface area (Å²) < 4.78 is 2.61. The summed E-state index contributed by atoms with van der Waals surface area (Å²) in [7, 11) is -2.70. The van der Waals surface area contributed by atoms with Crippen molar-refractivity contribution in [2.75, 3.05) is 0 Å². The van der Waals surface area contributed by atoms with Crippen molar-refractivity contribution in [1.82, 2.24) is 4.57 Å². The molecule has 3 heterocycles. The van der Waals surface area contributed by atoms with Gasteiger partial charge in [0.25, 0.3) is 0 Å². The van der Waals surface area contributed by atoms with E-state index in [1.54, 1.807) is 0 Å². The summed E-state index contributed by atoms with van der Waals surface area (Å²) in [5, 5.41) is 7.15. The number of nitrogens with zero attached hydrogens (tertiary/aromatic N) is 1. The smallest absolute Gasteiger partial charge is 0.246 e. The van der Waals surface area contributed by atoms with Gasteiger partial charge in [-0.3, -0.25) is 0 Å². The zero-order valence-corrected chi connectivity index (χ0v) is 26.8. The van der Waals surface area contributed by atoms with Gasteiger partial charge >= 0.3 is 0 Å². The van der Waals surface area contributed by atoms with Crippen molar-refractivity contribution in [1.29, 1.82) is 0 Å². The molecule has 2 aliphatic rings. The molecule has 0 spiro atoms. The normalized spacial score (nSPS) is 13.7. The summed E-state index contributed by atoms with van der Waals surface area (Å²) in [6.45, 7) is 0.142. The molecule has 7 aromatic carbocycles. The third kappa shape index (κ3) is 3.55. The summed E-state index contributed by atoms with van der Waals surface area (Å²) in [5.41, 5.74) is 11.9. The van der Waals surface area contributed by atoms with Crippen LogP contribution in [0.4, 0.5) is 0 Å². The Morgan fingerprint density at radius 3 is 1.64 bits per heavy atom. The van der Waals surface area contributed by atoms with Crippen LogP contribution in [0.15, 0.2) is 182 Å². The Morgan fingerprint density at radius 1 is 0.426 bits per heavy atom. The van der Waals surface area contributed by atoms with E-state index in [9.17, 15) is 0 Å². The second-order valence-electron chi connectivity index (χ2n) is 12.8. The second kappa shape index (κ2) is 10.2. The Labute approximate surface area is 276 Å². The van der Waals surface area contributed by atoms with Crippen molar-refractivity contribution in [2.24, 2.45) is 0 Å². The summed E-state index contributed by atoms with van der Waals surface area (Å²) in [6, 6.07) is 68.2. The lowest BCUT2D eigenvalue weighted by Gasteiger charge is -2.45. The number of para-hydroxylation sites is 1. The predicted molar refractivity (Wildman–Crippen MR) is 202 cm³/mol. The first kappa shape index (κ1) is 26.6. The van der Waals surface area contributed by atoms with E-state index in [1.165, 1.54) is 76.1 Å². The average Bonchev–Trinajstić information content (AvgIpc) is 3.51. The van der Waals surface area contributed by atoms with E-state index in [0.29, 0.717) is 0 Å². The maximum Gasteiger partial charge on any atom is 0.246 e. The summed E-state index contributed by atoms with van der Waals surface area (Å²) >= 11 is 0. The molecule has 3 heteroatoms. The van der Waals surface area contributed by atoms with Crippen LogP contribution in [-0.4, -0.2) is 19.4 Å². The summed E-state index contributed by atoms with van der Waals surface area (Å²) in [6.07, 6.45) is 0. The molecule has 0 radical (unpaired) electrons. The SMILES string of the molecule is c1ccc(-c2c(-c3ccccc3)n3c4c(cccc24)B2c4ccccc4[Si](c4ccccc4)(c4ccccc4)c4cccc-3c42)cc1. The average molecular weight is 612 g/mol. The molecular weight excluding hydrogens is 581 g/mol. The molecule has 47 heavy (non-hydrogen) atoms. The van der Waals surface area contributed by atoms with Crippen LogP contribution >= 0.6 is 0 Å². The van der Waals surface area contributed by atoms with E-state index in [0.717, 1.165) is 0 Å². The van der Waals surface area contributed by atoms with Gasteiger partial charge < -0.3 is 4.57 Å². The van der Waals surface area contributed by atoms with Gasteiger partial charge in [0.05, 0.1) is 5.69 Å². The number of aromatic nitrogens is 1. The lowest BCUT2D eigenvalue weighted by atomic mass is 9.35. The Bertz CT molecular complexity index is 2410. The summed E-state index contributed by atoms with van der Waals surface area (Å²) in [4.78, 5) is 0. The van der Waals surface area contributed by atoms with Crippen LogP contribution in [0.2, 0.25) is 0 Å². The van der Waals surface area contributed by atoms with Crippen LogP contribution in [0.3, 0.4) is 0 Å². The van der Waals surface area contributed by atoms with E-state index in [2.05, 4.69) is 187 Å². The van der Waals surface area contributed by atoms with Crippen LogP contribution in [0.1, 0.15) is 0 Å². The minimum Gasteiger partial charge on any atom is -0.310 e. The summed E-state index contributed by atoms with van der Waals surface area (Å²) in [5.74, 6) is 0. The Morgan fingerprint density at radius 2 is 0.957 bits per heavy atom. The largest absolute Gasteiger partial charge is 0.310 e. The Balaban J connectivity index is 1.42. The first-order valence-electron chi connectivity index (χ1n) is 16.5.